The Morgan fingerprint density at radius 2 is 0.950 bits per heavy atom. The van der Waals surface area contributed by atoms with Gasteiger partial charge in [-0.05, 0) is 46.0 Å². The van der Waals surface area contributed by atoms with Crippen molar-refractivity contribution in [2.45, 2.75) is 137 Å². The first kappa shape index (κ1) is 38.1. The Labute approximate surface area is 245 Å². The van der Waals surface area contributed by atoms with E-state index in [9.17, 15) is 29.7 Å². The molecule has 0 radical (unpaired) electrons. The SMILES string of the molecule is CCCC/C=C/CCCCCCCCCCCCCCC[N+](CC(C)C(=O)[O-])(CC(C)C(=O)O)CC(C)C(=O)O. The number of hydrogen-bond donors (Lipinski definition) is 2. The third-order valence-corrected chi connectivity index (χ3v) is 8.12. The molecule has 0 heterocycles. The largest absolute Gasteiger partial charge is 0.550 e. The fraction of sp³-hybridized carbons (Fsp3) is 0.848. The number of allylic oxidation sites excluding steroid dienone is 2. The summed E-state index contributed by atoms with van der Waals surface area (Å²) < 4.78 is 0.186. The topological polar surface area (TPSA) is 115 Å². The molecule has 0 bridgehead atoms. The number of carbonyl (C=O) groups excluding carboxylic acids is 1. The zero-order chi connectivity index (χ0) is 30.2. The fourth-order valence-corrected chi connectivity index (χ4v) is 5.68. The van der Waals surface area contributed by atoms with Crippen molar-refractivity contribution in [3.63, 3.8) is 0 Å². The highest BCUT2D eigenvalue weighted by atomic mass is 16.4. The Hall–Kier alpha value is -1.89. The maximum atomic E-state index is 11.6. The lowest BCUT2D eigenvalue weighted by molar-refractivity contribution is -0.934. The van der Waals surface area contributed by atoms with Gasteiger partial charge in [-0.1, -0.05) is 103 Å². The van der Waals surface area contributed by atoms with Crippen LogP contribution in [0.2, 0.25) is 0 Å². The number of rotatable bonds is 28. The summed E-state index contributed by atoms with van der Waals surface area (Å²) in [5, 5.41) is 30.5. The van der Waals surface area contributed by atoms with Gasteiger partial charge in [-0.15, -0.1) is 0 Å². The molecule has 40 heavy (non-hydrogen) atoms. The molecule has 0 spiro atoms. The smallest absolute Gasteiger partial charge is 0.311 e. The number of carbonyl (C=O) groups is 3. The van der Waals surface area contributed by atoms with Crippen LogP contribution in [0.5, 0.6) is 0 Å². The summed E-state index contributed by atoms with van der Waals surface area (Å²) in [6.45, 7) is 8.23. The van der Waals surface area contributed by atoms with Crippen molar-refractivity contribution >= 4 is 17.9 Å². The van der Waals surface area contributed by atoms with Crippen LogP contribution in [0.1, 0.15) is 137 Å². The first-order valence-electron chi connectivity index (χ1n) is 16.2. The van der Waals surface area contributed by atoms with Gasteiger partial charge in [0.2, 0.25) is 0 Å². The van der Waals surface area contributed by atoms with E-state index in [0.29, 0.717) is 6.54 Å². The van der Waals surface area contributed by atoms with Crippen LogP contribution in [0.4, 0.5) is 0 Å². The number of unbranched alkanes of at least 4 members (excludes halogenated alkanes) is 15. The molecule has 3 unspecified atom stereocenters. The lowest BCUT2D eigenvalue weighted by Gasteiger charge is -2.43. The molecule has 0 aliphatic heterocycles. The van der Waals surface area contributed by atoms with Gasteiger partial charge in [0, 0.05) is 11.9 Å². The van der Waals surface area contributed by atoms with Crippen molar-refractivity contribution in [1.82, 2.24) is 0 Å². The molecular weight excluding hydrogens is 506 g/mol. The number of quaternary nitrogens is 1. The van der Waals surface area contributed by atoms with Crippen molar-refractivity contribution in [2.24, 2.45) is 17.8 Å². The molecule has 0 aromatic rings. The van der Waals surface area contributed by atoms with Gasteiger partial charge < -0.3 is 24.6 Å². The van der Waals surface area contributed by atoms with Crippen LogP contribution in [0.3, 0.4) is 0 Å². The molecule has 0 aliphatic carbocycles. The Morgan fingerprint density at radius 3 is 1.32 bits per heavy atom. The van der Waals surface area contributed by atoms with Gasteiger partial charge in [-0.3, -0.25) is 9.59 Å². The third-order valence-electron chi connectivity index (χ3n) is 8.12. The van der Waals surface area contributed by atoms with Gasteiger partial charge >= 0.3 is 11.9 Å². The minimum Gasteiger partial charge on any atom is -0.550 e. The molecule has 0 amide bonds. The lowest BCUT2D eigenvalue weighted by atomic mass is 10.00. The average molecular weight is 568 g/mol. The van der Waals surface area contributed by atoms with Crippen LogP contribution in [0, 0.1) is 17.8 Å². The van der Waals surface area contributed by atoms with E-state index in [1.54, 1.807) is 20.8 Å². The molecule has 7 nitrogen and oxygen atoms in total. The van der Waals surface area contributed by atoms with E-state index in [0.717, 1.165) is 25.7 Å². The first-order valence-corrected chi connectivity index (χ1v) is 16.2. The summed E-state index contributed by atoms with van der Waals surface area (Å²) >= 11 is 0. The van der Waals surface area contributed by atoms with E-state index in [4.69, 9.17) is 0 Å². The average Bonchev–Trinajstić information content (AvgIpc) is 2.89. The van der Waals surface area contributed by atoms with Crippen molar-refractivity contribution in [3.05, 3.63) is 12.2 Å². The predicted octanol–water partition coefficient (Wildman–Crippen LogP) is 6.84. The highest BCUT2D eigenvalue weighted by Crippen LogP contribution is 2.22. The van der Waals surface area contributed by atoms with Gasteiger partial charge in [0.05, 0.1) is 26.2 Å². The van der Waals surface area contributed by atoms with E-state index in [2.05, 4.69) is 19.1 Å². The second-order valence-electron chi connectivity index (χ2n) is 12.3. The van der Waals surface area contributed by atoms with E-state index in [-0.39, 0.29) is 24.1 Å². The van der Waals surface area contributed by atoms with Crippen molar-refractivity contribution in [3.8, 4) is 0 Å². The van der Waals surface area contributed by atoms with Crippen molar-refractivity contribution in [1.29, 1.82) is 0 Å². The number of carboxylic acids is 3. The minimum atomic E-state index is -1.18. The summed E-state index contributed by atoms with van der Waals surface area (Å²) in [6, 6.07) is 0. The summed E-state index contributed by atoms with van der Waals surface area (Å²) in [7, 11) is 0. The molecule has 0 rings (SSSR count). The first-order chi connectivity index (χ1) is 19.0. The molecule has 0 fully saturated rings. The molecule has 7 heteroatoms. The normalized spacial score (nSPS) is 15.5. The minimum absolute atomic E-state index is 0.186. The third kappa shape index (κ3) is 20.1. The molecule has 0 saturated heterocycles. The Balaban J connectivity index is 4.29. The van der Waals surface area contributed by atoms with Gasteiger partial charge in [0.1, 0.15) is 11.8 Å². The zero-order valence-electron chi connectivity index (χ0n) is 26.2. The van der Waals surface area contributed by atoms with Gasteiger partial charge in [-0.2, -0.15) is 0 Å². The van der Waals surface area contributed by atoms with Crippen LogP contribution in [0.25, 0.3) is 0 Å². The van der Waals surface area contributed by atoms with Gasteiger partial charge in [0.25, 0.3) is 0 Å². The maximum absolute atomic E-state index is 11.6. The molecule has 2 N–H and O–H groups in total. The molecule has 0 aliphatic rings. The van der Waals surface area contributed by atoms with E-state index < -0.39 is 35.7 Å². The molecule has 0 aromatic heterocycles. The van der Waals surface area contributed by atoms with Crippen LogP contribution < -0.4 is 5.11 Å². The van der Waals surface area contributed by atoms with Gasteiger partial charge in [0.15, 0.2) is 0 Å². The molecular formula is C33H61NO6. The lowest BCUT2D eigenvalue weighted by Crippen LogP contribution is -2.58. The Bertz CT molecular complexity index is 652. The van der Waals surface area contributed by atoms with E-state index in [1.165, 1.54) is 83.5 Å². The molecule has 0 aromatic carbocycles. The van der Waals surface area contributed by atoms with Crippen molar-refractivity contribution < 1.29 is 34.2 Å². The summed E-state index contributed by atoms with van der Waals surface area (Å²) in [6.07, 6.45) is 25.6. The predicted molar refractivity (Wildman–Crippen MR) is 161 cm³/mol. The highest BCUT2D eigenvalue weighted by molar-refractivity contribution is 5.70. The van der Waals surface area contributed by atoms with Crippen LogP contribution >= 0.6 is 0 Å². The van der Waals surface area contributed by atoms with Crippen molar-refractivity contribution in [2.75, 3.05) is 26.2 Å². The van der Waals surface area contributed by atoms with Crippen LogP contribution in [-0.4, -0.2) is 58.8 Å². The summed E-state index contributed by atoms with van der Waals surface area (Å²) in [4.78, 5) is 34.7. The second-order valence-corrected chi connectivity index (χ2v) is 12.3. The summed E-state index contributed by atoms with van der Waals surface area (Å²) in [5.74, 6) is -5.23. The van der Waals surface area contributed by atoms with Gasteiger partial charge in [-0.25, -0.2) is 0 Å². The highest BCUT2D eigenvalue weighted by Gasteiger charge is 2.36. The number of nitrogens with zero attached hydrogens (tertiary/aromatic N) is 1. The summed E-state index contributed by atoms with van der Waals surface area (Å²) in [5.41, 5.74) is 0. The monoisotopic (exact) mass is 567 g/mol. The standard InChI is InChI=1S/C33H61NO6/c1-5-6-7-8-9-10-11-12-13-14-15-16-17-18-19-20-21-22-23-24-34(25-28(2)31(35)36,26-29(3)32(37)38)27-30(4)33(39)40/h8-9,28-30H,5-7,10-27H2,1-4H3,(H2-,35,36,37,38,39,40)/b9-8+. The van der Waals surface area contributed by atoms with E-state index >= 15 is 0 Å². The number of carboxylic acid groups (broad SMARTS) is 3. The van der Waals surface area contributed by atoms with Crippen LogP contribution in [0.15, 0.2) is 12.2 Å². The number of aliphatic carboxylic acids is 3. The Kier molecular flexibility index (Phi) is 22.7. The number of hydrogen-bond acceptors (Lipinski definition) is 4. The fourth-order valence-electron chi connectivity index (χ4n) is 5.68. The maximum Gasteiger partial charge on any atom is 0.311 e. The molecule has 234 valence electrons. The van der Waals surface area contributed by atoms with Crippen LogP contribution in [-0.2, 0) is 14.4 Å². The molecule has 0 saturated carbocycles. The Morgan fingerprint density at radius 1 is 0.600 bits per heavy atom. The van der Waals surface area contributed by atoms with E-state index in [1.807, 2.05) is 0 Å². The quantitative estimate of drug-likeness (QED) is 0.0608. The second kappa shape index (κ2) is 23.8. The molecule has 3 atom stereocenters. The zero-order valence-corrected chi connectivity index (χ0v) is 26.2.